The smallest absolute Gasteiger partial charge is 0.253 e. The Balaban J connectivity index is 1.65. The van der Waals surface area contributed by atoms with E-state index < -0.39 is 5.25 Å². The van der Waals surface area contributed by atoms with Crippen molar-refractivity contribution >= 4 is 40.7 Å². The van der Waals surface area contributed by atoms with E-state index in [1.54, 1.807) is 6.08 Å². The van der Waals surface area contributed by atoms with Crippen molar-refractivity contribution < 1.29 is 4.79 Å². The fourth-order valence-corrected chi connectivity index (χ4v) is 4.00. The maximum Gasteiger partial charge on any atom is 0.253 e. The Morgan fingerprint density at radius 2 is 1.94 bits per heavy atom. The van der Waals surface area contributed by atoms with Crippen LogP contribution in [0.2, 0.25) is 5.02 Å². The predicted octanol–water partition coefficient (Wildman–Crippen LogP) is 5.14. The highest BCUT2D eigenvalue weighted by molar-refractivity contribution is 8.00. The molecule has 0 aliphatic rings. The summed E-state index contributed by atoms with van der Waals surface area (Å²) in [6, 6.07) is 17.3. The summed E-state index contributed by atoms with van der Waals surface area (Å²) in [7, 11) is 0. The Morgan fingerprint density at radius 1 is 1.21 bits per heavy atom. The van der Waals surface area contributed by atoms with Crippen LogP contribution in [0.5, 0.6) is 0 Å². The molecule has 1 aromatic heterocycles. The van der Waals surface area contributed by atoms with E-state index in [0.717, 1.165) is 22.8 Å². The van der Waals surface area contributed by atoms with Crippen molar-refractivity contribution in [1.29, 1.82) is 0 Å². The molecule has 0 spiro atoms. The van der Waals surface area contributed by atoms with Crippen LogP contribution < -0.4 is 10.7 Å². The highest BCUT2D eigenvalue weighted by Gasteiger charge is 2.20. The van der Waals surface area contributed by atoms with Crippen LogP contribution in [0.15, 0.2) is 77.5 Å². The Kier molecular flexibility index (Phi) is 9.09. The molecule has 2 aromatic carbocycles. The van der Waals surface area contributed by atoms with Gasteiger partial charge in [-0.05, 0) is 43.2 Å². The van der Waals surface area contributed by atoms with Gasteiger partial charge in [0.15, 0.2) is 11.0 Å². The van der Waals surface area contributed by atoms with E-state index in [4.69, 9.17) is 11.6 Å². The highest BCUT2D eigenvalue weighted by Crippen LogP contribution is 2.23. The lowest BCUT2D eigenvalue weighted by Gasteiger charge is -2.12. The molecule has 33 heavy (non-hydrogen) atoms. The second kappa shape index (κ2) is 12.2. The van der Waals surface area contributed by atoms with Gasteiger partial charge in [-0.2, -0.15) is 5.10 Å². The summed E-state index contributed by atoms with van der Waals surface area (Å²) in [5.41, 5.74) is 5.43. The largest absolute Gasteiger partial charge is 0.378 e. The molecule has 3 rings (SSSR count). The second-order valence-electron chi connectivity index (χ2n) is 7.17. The summed E-state index contributed by atoms with van der Waals surface area (Å²) in [6.07, 6.45) is 2.49. The predicted molar refractivity (Wildman–Crippen MR) is 136 cm³/mol. The number of nitrogens with zero attached hydrogens (tertiary/aromatic N) is 4. The standard InChI is InChI=1S/C24H27ClN6OS/c1-4-15-31-22(16-26-20-13-11-19(25)12-14-20)28-30-24(31)33-17(3)23(32)29-27-21(5-2)18-9-7-6-8-10-18/h4,6-14,17,26H,1,5,15-16H2,2-3H3,(H,29,32)/b27-21+/t17-/m1/s1. The third-order valence-corrected chi connectivity index (χ3v) is 6.13. The molecule has 7 nitrogen and oxygen atoms in total. The minimum absolute atomic E-state index is 0.198. The fourth-order valence-electron chi connectivity index (χ4n) is 3.00. The molecule has 0 saturated carbocycles. The highest BCUT2D eigenvalue weighted by atomic mass is 35.5. The quantitative estimate of drug-likeness (QED) is 0.171. The first-order valence-corrected chi connectivity index (χ1v) is 11.9. The van der Waals surface area contributed by atoms with Gasteiger partial charge < -0.3 is 9.88 Å². The molecule has 0 bridgehead atoms. The summed E-state index contributed by atoms with van der Waals surface area (Å²) >= 11 is 7.28. The van der Waals surface area contributed by atoms with E-state index in [1.165, 1.54) is 11.8 Å². The van der Waals surface area contributed by atoms with E-state index >= 15 is 0 Å². The zero-order chi connectivity index (χ0) is 23.6. The van der Waals surface area contributed by atoms with Gasteiger partial charge in [0.2, 0.25) is 0 Å². The van der Waals surface area contributed by atoms with E-state index in [1.807, 2.05) is 73.0 Å². The van der Waals surface area contributed by atoms with Crippen molar-refractivity contribution in [2.24, 2.45) is 5.10 Å². The van der Waals surface area contributed by atoms with E-state index in [-0.39, 0.29) is 5.91 Å². The lowest BCUT2D eigenvalue weighted by atomic mass is 10.1. The number of benzene rings is 2. The zero-order valence-electron chi connectivity index (χ0n) is 18.7. The van der Waals surface area contributed by atoms with Crippen molar-refractivity contribution in [2.45, 2.75) is 43.8 Å². The average Bonchev–Trinajstić information content (AvgIpc) is 3.21. The van der Waals surface area contributed by atoms with Gasteiger partial charge in [0, 0.05) is 17.3 Å². The van der Waals surface area contributed by atoms with E-state index in [0.29, 0.717) is 29.7 Å². The molecular weight excluding hydrogens is 456 g/mol. The summed E-state index contributed by atoms with van der Waals surface area (Å²) in [4.78, 5) is 12.7. The molecule has 0 aliphatic heterocycles. The Labute approximate surface area is 203 Å². The molecule has 1 amide bonds. The number of rotatable bonds is 11. The molecule has 1 heterocycles. The summed E-state index contributed by atoms with van der Waals surface area (Å²) in [5, 5.41) is 17.2. The van der Waals surface area contributed by atoms with Gasteiger partial charge in [-0.15, -0.1) is 16.8 Å². The number of carbonyl (C=O) groups excluding carboxylic acids is 1. The minimum atomic E-state index is -0.410. The van der Waals surface area contributed by atoms with Crippen molar-refractivity contribution in [1.82, 2.24) is 20.2 Å². The number of hydrazone groups is 1. The molecule has 172 valence electrons. The number of hydrogen-bond acceptors (Lipinski definition) is 6. The average molecular weight is 483 g/mol. The molecule has 2 N–H and O–H groups in total. The van der Waals surface area contributed by atoms with Crippen LogP contribution in [0, 0.1) is 0 Å². The van der Waals surface area contributed by atoms with Gasteiger partial charge in [0.1, 0.15) is 0 Å². The number of halogens is 1. The first-order valence-electron chi connectivity index (χ1n) is 10.6. The molecular formula is C24H27ClN6OS. The Hall–Kier alpha value is -3.10. The topological polar surface area (TPSA) is 84.2 Å². The summed E-state index contributed by atoms with van der Waals surface area (Å²) in [5.74, 6) is 0.547. The third-order valence-electron chi connectivity index (χ3n) is 4.79. The molecule has 0 unspecified atom stereocenters. The molecule has 0 radical (unpaired) electrons. The van der Waals surface area contributed by atoms with Gasteiger partial charge in [-0.3, -0.25) is 4.79 Å². The lowest BCUT2D eigenvalue weighted by molar-refractivity contribution is -0.120. The number of anilines is 1. The van der Waals surface area contributed by atoms with Gasteiger partial charge in [-0.25, -0.2) is 5.43 Å². The van der Waals surface area contributed by atoms with Crippen LogP contribution in [0.25, 0.3) is 0 Å². The van der Waals surface area contributed by atoms with Crippen molar-refractivity contribution in [2.75, 3.05) is 5.32 Å². The Morgan fingerprint density at radius 3 is 2.61 bits per heavy atom. The van der Waals surface area contributed by atoms with Crippen LogP contribution in [0.1, 0.15) is 31.7 Å². The van der Waals surface area contributed by atoms with Crippen LogP contribution in [-0.2, 0) is 17.9 Å². The van der Waals surface area contributed by atoms with Crippen molar-refractivity contribution in [3.05, 3.63) is 83.7 Å². The van der Waals surface area contributed by atoms with Crippen molar-refractivity contribution in [3.8, 4) is 0 Å². The van der Waals surface area contributed by atoms with Crippen LogP contribution in [0.4, 0.5) is 5.69 Å². The van der Waals surface area contributed by atoms with E-state index in [2.05, 4.69) is 32.6 Å². The third kappa shape index (κ3) is 6.94. The number of allylic oxidation sites excluding steroid dienone is 1. The molecule has 9 heteroatoms. The maximum absolute atomic E-state index is 12.7. The lowest BCUT2D eigenvalue weighted by Crippen LogP contribution is -2.28. The normalized spacial score (nSPS) is 12.3. The number of aromatic nitrogens is 3. The molecule has 1 atom stereocenters. The number of thioether (sulfide) groups is 1. The SMILES string of the molecule is C=CCn1c(CNc2ccc(Cl)cc2)nnc1S[C@H](C)C(=O)N/N=C(\CC)c1ccccc1. The molecule has 0 fully saturated rings. The van der Waals surface area contributed by atoms with Crippen LogP contribution in [-0.4, -0.2) is 31.6 Å². The monoisotopic (exact) mass is 482 g/mol. The minimum Gasteiger partial charge on any atom is -0.378 e. The number of hydrogen-bond donors (Lipinski definition) is 2. The number of carbonyl (C=O) groups is 1. The summed E-state index contributed by atoms with van der Waals surface area (Å²) < 4.78 is 1.94. The second-order valence-corrected chi connectivity index (χ2v) is 8.92. The maximum atomic E-state index is 12.7. The Bertz CT molecular complexity index is 1100. The van der Waals surface area contributed by atoms with Crippen LogP contribution in [0.3, 0.4) is 0 Å². The van der Waals surface area contributed by atoms with Gasteiger partial charge >= 0.3 is 0 Å². The van der Waals surface area contributed by atoms with Crippen LogP contribution >= 0.6 is 23.4 Å². The van der Waals surface area contributed by atoms with Gasteiger partial charge in [-0.1, -0.05) is 66.7 Å². The molecule has 3 aromatic rings. The molecule has 0 saturated heterocycles. The van der Waals surface area contributed by atoms with Gasteiger partial charge in [0.05, 0.1) is 17.5 Å². The summed E-state index contributed by atoms with van der Waals surface area (Å²) in [6.45, 7) is 8.67. The number of amides is 1. The van der Waals surface area contributed by atoms with Crippen molar-refractivity contribution in [3.63, 3.8) is 0 Å². The fraction of sp³-hybridized carbons (Fsp3) is 0.250. The first-order chi connectivity index (χ1) is 16.0. The zero-order valence-corrected chi connectivity index (χ0v) is 20.2. The number of nitrogens with one attached hydrogen (secondary N) is 2. The van der Waals surface area contributed by atoms with E-state index in [9.17, 15) is 4.79 Å². The molecule has 0 aliphatic carbocycles. The first kappa shape index (κ1) is 24.5. The van der Waals surface area contributed by atoms with Gasteiger partial charge in [0.25, 0.3) is 5.91 Å².